The number of hydrogen-bond acceptors (Lipinski definition) is 3. The average molecular weight is 491 g/mol. The number of imide groups is 1. The van der Waals surface area contributed by atoms with Crippen LogP contribution in [0, 0.1) is 0 Å². The van der Waals surface area contributed by atoms with E-state index in [0.717, 1.165) is 70.5 Å². The highest BCUT2D eigenvalue weighted by Gasteiger charge is 2.34. The molecule has 0 saturated carbocycles. The van der Waals surface area contributed by atoms with E-state index in [4.69, 9.17) is 0 Å². The van der Waals surface area contributed by atoms with Crippen molar-refractivity contribution in [1.29, 1.82) is 0 Å². The molecule has 0 atom stereocenters. The van der Waals surface area contributed by atoms with Gasteiger partial charge in [0.25, 0.3) is 11.8 Å². The molecule has 6 heteroatoms. The maximum Gasteiger partial charge on any atom is 0.259 e. The van der Waals surface area contributed by atoms with E-state index in [1.165, 1.54) is 0 Å². The van der Waals surface area contributed by atoms with Crippen molar-refractivity contribution in [2.45, 2.75) is 32.2 Å². The molecule has 0 radical (unpaired) electrons. The normalized spacial score (nSPS) is 13.2. The van der Waals surface area contributed by atoms with Gasteiger partial charge < -0.3 is 9.67 Å². The number of phenolic OH excluding ortho intramolecular Hbond substituents is 1. The van der Waals surface area contributed by atoms with Crippen molar-refractivity contribution in [1.82, 2.24) is 9.88 Å². The molecule has 3 aromatic carbocycles. The highest BCUT2D eigenvalue weighted by molar-refractivity contribution is 9.09. The molecule has 2 heterocycles. The topological polar surface area (TPSA) is 71.3 Å². The van der Waals surface area contributed by atoms with E-state index in [9.17, 15) is 14.7 Å². The van der Waals surface area contributed by atoms with Crippen LogP contribution in [0.4, 0.5) is 0 Å². The molecule has 0 spiro atoms. The summed E-state index contributed by atoms with van der Waals surface area (Å²) < 4.78 is 2.22. The summed E-state index contributed by atoms with van der Waals surface area (Å²) >= 11 is 3.49. The Morgan fingerprint density at radius 2 is 1.59 bits per heavy atom. The van der Waals surface area contributed by atoms with Crippen LogP contribution in [0.15, 0.2) is 54.6 Å². The van der Waals surface area contributed by atoms with E-state index in [-0.39, 0.29) is 17.6 Å². The fraction of sp³-hybridized carbons (Fsp3) is 0.231. The average Bonchev–Trinajstić information content (AvgIpc) is 3.27. The van der Waals surface area contributed by atoms with Crippen molar-refractivity contribution in [3.8, 4) is 16.9 Å². The van der Waals surface area contributed by atoms with Gasteiger partial charge in [0.1, 0.15) is 5.75 Å². The summed E-state index contributed by atoms with van der Waals surface area (Å²) in [7, 11) is 0. The Bertz CT molecular complexity index is 1360. The first-order valence-corrected chi connectivity index (χ1v) is 12.0. The molecule has 2 N–H and O–H groups in total. The predicted molar refractivity (Wildman–Crippen MR) is 131 cm³/mol. The Morgan fingerprint density at radius 3 is 2.38 bits per heavy atom. The summed E-state index contributed by atoms with van der Waals surface area (Å²) in [6, 6.07) is 17.0. The lowest BCUT2D eigenvalue weighted by Gasteiger charge is -2.11. The fourth-order valence-electron chi connectivity index (χ4n) is 4.74. The molecule has 5 nitrogen and oxygen atoms in total. The summed E-state index contributed by atoms with van der Waals surface area (Å²) in [5.74, 6) is -0.617. The number of fused-ring (bicyclic) bond motifs is 5. The summed E-state index contributed by atoms with van der Waals surface area (Å²) in [5, 5.41) is 15.2. The summed E-state index contributed by atoms with van der Waals surface area (Å²) in [6.45, 7) is 0.801. The molecule has 4 aromatic rings. The van der Waals surface area contributed by atoms with Gasteiger partial charge in [-0.2, -0.15) is 0 Å². The molecule has 5 rings (SSSR count). The third-order valence-electron chi connectivity index (χ3n) is 6.17. The zero-order valence-corrected chi connectivity index (χ0v) is 19.1. The standard InChI is InChI=1S/C26H23BrN2O3/c27-12-6-1-2-7-13-29-20-11-10-17(30)14-19(20)22-21(29)15-18(16-8-4-3-5-9-16)23-24(22)26(32)28-25(23)31/h3-5,8-11,14-15,30H,1-2,6-7,12-13H2,(H,28,31,32). The minimum absolute atomic E-state index is 0.138. The van der Waals surface area contributed by atoms with Crippen molar-refractivity contribution in [3.05, 3.63) is 65.7 Å². The Balaban J connectivity index is 1.79. The monoisotopic (exact) mass is 490 g/mol. The SMILES string of the molecule is O=C1NC(=O)c2c1c(-c1ccccc1)cc1c2c2cc(O)ccc2n1CCCCCCBr. The van der Waals surface area contributed by atoms with Crippen LogP contribution in [0.3, 0.4) is 0 Å². The maximum atomic E-state index is 12.9. The van der Waals surface area contributed by atoms with Gasteiger partial charge in [-0.3, -0.25) is 14.9 Å². The van der Waals surface area contributed by atoms with Crippen LogP contribution in [-0.4, -0.2) is 26.8 Å². The third-order valence-corrected chi connectivity index (χ3v) is 6.73. The van der Waals surface area contributed by atoms with Crippen molar-refractivity contribution < 1.29 is 14.7 Å². The molecule has 162 valence electrons. The number of aromatic hydroxyl groups is 1. The molecule has 0 bridgehead atoms. The number of nitrogens with zero attached hydrogens (tertiary/aromatic N) is 1. The number of rotatable bonds is 7. The lowest BCUT2D eigenvalue weighted by atomic mass is 9.93. The molecule has 0 aliphatic carbocycles. The fourth-order valence-corrected chi connectivity index (χ4v) is 5.14. The van der Waals surface area contributed by atoms with Gasteiger partial charge in [-0.05, 0) is 48.2 Å². The number of alkyl halides is 1. The molecule has 1 aromatic heterocycles. The second-order valence-electron chi connectivity index (χ2n) is 8.17. The van der Waals surface area contributed by atoms with Crippen LogP contribution < -0.4 is 5.32 Å². The van der Waals surface area contributed by atoms with E-state index < -0.39 is 0 Å². The number of carbonyl (C=O) groups is 2. The van der Waals surface area contributed by atoms with Gasteiger partial charge in [-0.25, -0.2) is 0 Å². The molecular weight excluding hydrogens is 468 g/mol. The van der Waals surface area contributed by atoms with Gasteiger partial charge in [0.2, 0.25) is 0 Å². The largest absolute Gasteiger partial charge is 0.508 e. The van der Waals surface area contributed by atoms with Crippen molar-refractivity contribution in [3.63, 3.8) is 0 Å². The smallest absolute Gasteiger partial charge is 0.259 e. The van der Waals surface area contributed by atoms with Gasteiger partial charge in [-0.15, -0.1) is 0 Å². The Kier molecular flexibility index (Phi) is 5.47. The van der Waals surface area contributed by atoms with Crippen LogP contribution in [0.5, 0.6) is 5.75 Å². The lowest BCUT2D eigenvalue weighted by Crippen LogP contribution is -2.20. The molecule has 32 heavy (non-hydrogen) atoms. The number of hydrogen-bond donors (Lipinski definition) is 2. The second kappa shape index (κ2) is 8.43. The van der Waals surface area contributed by atoms with Gasteiger partial charge in [0, 0.05) is 28.2 Å². The van der Waals surface area contributed by atoms with E-state index in [1.807, 2.05) is 42.5 Å². The number of amides is 2. The molecule has 0 fully saturated rings. The van der Waals surface area contributed by atoms with Crippen LogP contribution in [-0.2, 0) is 6.54 Å². The number of aryl methyl sites for hydroxylation is 1. The first-order chi connectivity index (χ1) is 15.6. The molecular formula is C26H23BrN2O3. The second-order valence-corrected chi connectivity index (χ2v) is 8.97. The molecule has 0 saturated heterocycles. The Labute approximate surface area is 194 Å². The van der Waals surface area contributed by atoms with Gasteiger partial charge >= 0.3 is 0 Å². The van der Waals surface area contributed by atoms with E-state index in [2.05, 4.69) is 25.8 Å². The van der Waals surface area contributed by atoms with Crippen molar-refractivity contribution >= 4 is 49.6 Å². The number of carbonyl (C=O) groups excluding carboxylic acids is 2. The van der Waals surface area contributed by atoms with Crippen molar-refractivity contribution in [2.24, 2.45) is 0 Å². The van der Waals surface area contributed by atoms with Crippen LogP contribution in [0.25, 0.3) is 32.9 Å². The first-order valence-electron chi connectivity index (χ1n) is 10.9. The molecule has 0 unspecified atom stereocenters. The number of aromatic nitrogens is 1. The Morgan fingerprint density at radius 1 is 0.844 bits per heavy atom. The molecule has 1 aliphatic rings. The summed E-state index contributed by atoms with van der Waals surface area (Å²) in [4.78, 5) is 25.7. The zero-order valence-electron chi connectivity index (χ0n) is 17.5. The number of unbranched alkanes of at least 4 members (excludes halogenated alkanes) is 3. The zero-order chi connectivity index (χ0) is 22.2. The molecule has 1 aliphatic heterocycles. The predicted octanol–water partition coefficient (Wildman–Crippen LogP) is 6.01. The van der Waals surface area contributed by atoms with Gasteiger partial charge in [0.05, 0.1) is 16.6 Å². The maximum absolute atomic E-state index is 12.9. The molecule has 2 amide bonds. The van der Waals surface area contributed by atoms with Crippen LogP contribution >= 0.6 is 15.9 Å². The highest BCUT2D eigenvalue weighted by atomic mass is 79.9. The third kappa shape index (κ3) is 3.39. The minimum atomic E-state index is -0.382. The van der Waals surface area contributed by atoms with Crippen LogP contribution in [0.2, 0.25) is 0 Å². The number of nitrogens with one attached hydrogen (secondary N) is 1. The number of phenols is 1. The number of benzene rings is 3. The number of halogens is 1. The summed E-state index contributed by atoms with van der Waals surface area (Å²) in [5.41, 5.74) is 4.33. The summed E-state index contributed by atoms with van der Waals surface area (Å²) in [6.07, 6.45) is 4.43. The first kappa shape index (κ1) is 20.8. The van der Waals surface area contributed by atoms with E-state index >= 15 is 0 Å². The highest BCUT2D eigenvalue weighted by Crippen LogP contribution is 2.41. The van der Waals surface area contributed by atoms with Gasteiger partial charge in [-0.1, -0.05) is 59.1 Å². The van der Waals surface area contributed by atoms with Crippen LogP contribution in [0.1, 0.15) is 46.4 Å². The van der Waals surface area contributed by atoms with E-state index in [1.54, 1.807) is 12.1 Å². The lowest BCUT2D eigenvalue weighted by molar-refractivity contribution is 0.0880. The quantitative estimate of drug-likeness (QED) is 0.189. The van der Waals surface area contributed by atoms with Crippen molar-refractivity contribution in [2.75, 3.05) is 5.33 Å². The Hall–Kier alpha value is -3.12. The minimum Gasteiger partial charge on any atom is -0.508 e. The van der Waals surface area contributed by atoms with Gasteiger partial charge in [0.15, 0.2) is 0 Å². The van der Waals surface area contributed by atoms with E-state index in [0.29, 0.717) is 11.1 Å².